The van der Waals surface area contributed by atoms with Gasteiger partial charge in [-0.3, -0.25) is 0 Å². The van der Waals surface area contributed by atoms with Crippen molar-refractivity contribution in [1.29, 1.82) is 0 Å². The van der Waals surface area contributed by atoms with Gasteiger partial charge in [-0.15, -0.1) is 0 Å². The molecule has 0 fully saturated rings. The first-order valence-electron chi connectivity index (χ1n) is 5.34. The lowest BCUT2D eigenvalue weighted by Gasteiger charge is -2.08. The van der Waals surface area contributed by atoms with Crippen molar-refractivity contribution in [2.75, 3.05) is 23.4 Å². The van der Waals surface area contributed by atoms with Crippen molar-refractivity contribution in [3.8, 4) is 0 Å². The number of hydrogen-bond donors (Lipinski definition) is 1. The second-order valence-electron chi connectivity index (χ2n) is 3.70. The third-order valence-electron chi connectivity index (χ3n) is 2.17. The fourth-order valence-corrected chi connectivity index (χ4v) is 2.81. The Morgan fingerprint density at radius 2 is 2.06 bits per heavy atom. The maximum Gasteiger partial charge on any atom is 0.152 e. The summed E-state index contributed by atoms with van der Waals surface area (Å²) < 4.78 is 35.8. The zero-order valence-electron chi connectivity index (χ0n) is 9.54. The quantitative estimate of drug-likeness (QED) is 0.871. The number of nitrogens with one attached hydrogen (secondary N) is 1. The molecule has 0 aliphatic rings. The van der Waals surface area contributed by atoms with Crippen LogP contribution in [0.1, 0.15) is 13.3 Å². The van der Waals surface area contributed by atoms with E-state index >= 15 is 0 Å². The molecule has 0 bridgehead atoms. The van der Waals surface area contributed by atoms with Gasteiger partial charge in [-0.1, -0.05) is 18.5 Å². The van der Waals surface area contributed by atoms with Gasteiger partial charge in [0.15, 0.2) is 9.84 Å². The molecular weight excluding hydrogens is 265 g/mol. The number of anilines is 1. The molecule has 0 aliphatic heterocycles. The minimum Gasteiger partial charge on any atom is -0.383 e. The lowest BCUT2D eigenvalue weighted by molar-refractivity contribution is 0.595. The van der Waals surface area contributed by atoms with Crippen LogP contribution in [0.4, 0.5) is 10.1 Å². The SMILES string of the molecule is CCCS(=O)(=O)CCNc1cc(F)ccc1Cl. The van der Waals surface area contributed by atoms with Crippen molar-refractivity contribution in [2.24, 2.45) is 0 Å². The molecule has 0 heterocycles. The largest absolute Gasteiger partial charge is 0.383 e. The highest BCUT2D eigenvalue weighted by Gasteiger charge is 2.09. The van der Waals surface area contributed by atoms with Crippen LogP contribution in [0.2, 0.25) is 5.02 Å². The van der Waals surface area contributed by atoms with Gasteiger partial charge in [0.2, 0.25) is 0 Å². The van der Waals surface area contributed by atoms with E-state index in [1.165, 1.54) is 18.2 Å². The highest BCUT2D eigenvalue weighted by atomic mass is 35.5. The van der Waals surface area contributed by atoms with Crippen LogP contribution >= 0.6 is 11.6 Å². The summed E-state index contributed by atoms with van der Waals surface area (Å²) in [4.78, 5) is 0. The number of hydrogen-bond acceptors (Lipinski definition) is 3. The Labute approximate surface area is 106 Å². The summed E-state index contributed by atoms with van der Waals surface area (Å²) in [5.41, 5.74) is 0.415. The smallest absolute Gasteiger partial charge is 0.152 e. The molecule has 0 aromatic heterocycles. The van der Waals surface area contributed by atoms with E-state index in [1.807, 2.05) is 6.92 Å². The Morgan fingerprint density at radius 3 is 2.71 bits per heavy atom. The molecule has 3 nitrogen and oxygen atoms in total. The molecule has 17 heavy (non-hydrogen) atoms. The summed E-state index contributed by atoms with van der Waals surface area (Å²) in [6.07, 6.45) is 0.600. The van der Waals surface area contributed by atoms with Crippen LogP contribution < -0.4 is 5.32 Å². The minimum atomic E-state index is -3.02. The molecule has 1 aromatic carbocycles. The van der Waals surface area contributed by atoms with Gasteiger partial charge in [-0.25, -0.2) is 12.8 Å². The summed E-state index contributed by atoms with van der Waals surface area (Å²) in [6, 6.07) is 3.93. The highest BCUT2D eigenvalue weighted by molar-refractivity contribution is 7.91. The molecule has 1 rings (SSSR count). The maximum atomic E-state index is 12.9. The average Bonchev–Trinajstić information content (AvgIpc) is 2.23. The highest BCUT2D eigenvalue weighted by Crippen LogP contribution is 2.22. The van der Waals surface area contributed by atoms with Crippen molar-refractivity contribution in [2.45, 2.75) is 13.3 Å². The summed E-state index contributed by atoms with van der Waals surface area (Å²) in [5.74, 6) is -0.215. The molecular formula is C11H15ClFNO2S. The van der Waals surface area contributed by atoms with Crippen LogP contribution in [-0.4, -0.2) is 26.5 Å². The molecule has 0 amide bonds. The Balaban J connectivity index is 2.54. The molecule has 0 radical (unpaired) electrons. The molecule has 0 saturated heterocycles. The van der Waals surface area contributed by atoms with Gasteiger partial charge >= 0.3 is 0 Å². The van der Waals surface area contributed by atoms with Crippen molar-refractivity contribution >= 4 is 27.1 Å². The molecule has 0 aliphatic carbocycles. The van der Waals surface area contributed by atoms with Crippen LogP contribution in [0.15, 0.2) is 18.2 Å². The van der Waals surface area contributed by atoms with E-state index in [0.717, 1.165) is 0 Å². The lowest BCUT2D eigenvalue weighted by Crippen LogP contribution is -2.18. The van der Waals surface area contributed by atoms with Gasteiger partial charge in [0.25, 0.3) is 0 Å². The van der Waals surface area contributed by atoms with E-state index in [9.17, 15) is 12.8 Å². The van der Waals surface area contributed by atoms with Gasteiger partial charge in [-0.2, -0.15) is 0 Å². The van der Waals surface area contributed by atoms with E-state index < -0.39 is 15.7 Å². The first kappa shape index (κ1) is 14.3. The van der Waals surface area contributed by atoms with E-state index in [0.29, 0.717) is 17.1 Å². The van der Waals surface area contributed by atoms with Crippen LogP contribution in [0, 0.1) is 5.82 Å². The molecule has 6 heteroatoms. The van der Waals surface area contributed by atoms with Crippen LogP contribution in [-0.2, 0) is 9.84 Å². The van der Waals surface area contributed by atoms with Crippen LogP contribution in [0.5, 0.6) is 0 Å². The topological polar surface area (TPSA) is 46.2 Å². The Kier molecular flexibility index (Phi) is 5.21. The fraction of sp³-hybridized carbons (Fsp3) is 0.455. The van der Waals surface area contributed by atoms with Crippen LogP contribution in [0.25, 0.3) is 0 Å². The van der Waals surface area contributed by atoms with E-state index in [-0.39, 0.29) is 18.1 Å². The third-order valence-corrected chi connectivity index (χ3v) is 4.36. The lowest BCUT2D eigenvalue weighted by atomic mass is 10.3. The second-order valence-corrected chi connectivity index (χ2v) is 6.41. The monoisotopic (exact) mass is 279 g/mol. The standard InChI is InChI=1S/C11H15ClFNO2S/c1-2-6-17(15,16)7-5-14-11-8-9(13)3-4-10(11)12/h3-4,8,14H,2,5-7H2,1H3. The van der Waals surface area contributed by atoms with Gasteiger partial charge < -0.3 is 5.32 Å². The number of rotatable bonds is 6. The Morgan fingerprint density at radius 1 is 1.35 bits per heavy atom. The predicted octanol–water partition coefficient (Wildman–Crippen LogP) is 2.72. The van der Waals surface area contributed by atoms with Crippen molar-refractivity contribution < 1.29 is 12.8 Å². The summed E-state index contributed by atoms with van der Waals surface area (Å²) in [7, 11) is -3.02. The second kappa shape index (κ2) is 6.21. The molecule has 0 atom stereocenters. The van der Waals surface area contributed by atoms with E-state index in [4.69, 9.17) is 11.6 Å². The zero-order valence-corrected chi connectivity index (χ0v) is 11.1. The van der Waals surface area contributed by atoms with Gasteiger partial charge in [0.05, 0.1) is 16.5 Å². The van der Waals surface area contributed by atoms with Crippen LogP contribution in [0.3, 0.4) is 0 Å². The first-order chi connectivity index (χ1) is 7.94. The number of benzene rings is 1. The first-order valence-corrected chi connectivity index (χ1v) is 7.54. The summed E-state index contributed by atoms with van der Waals surface area (Å²) >= 11 is 5.83. The molecule has 0 spiro atoms. The molecule has 96 valence electrons. The fourth-order valence-electron chi connectivity index (χ4n) is 1.39. The number of halogens is 2. The Hall–Kier alpha value is -0.810. The van der Waals surface area contributed by atoms with E-state index in [1.54, 1.807) is 0 Å². The minimum absolute atomic E-state index is 0.0215. The summed E-state index contributed by atoms with van der Waals surface area (Å²) in [5, 5.41) is 3.19. The molecule has 1 N–H and O–H groups in total. The van der Waals surface area contributed by atoms with Crippen molar-refractivity contribution in [3.63, 3.8) is 0 Å². The van der Waals surface area contributed by atoms with Gasteiger partial charge in [0, 0.05) is 12.3 Å². The zero-order chi connectivity index (χ0) is 12.9. The summed E-state index contributed by atoms with van der Waals surface area (Å²) in [6.45, 7) is 2.04. The number of sulfone groups is 1. The normalized spacial score (nSPS) is 11.5. The molecule has 1 aromatic rings. The van der Waals surface area contributed by atoms with Gasteiger partial charge in [0.1, 0.15) is 5.82 Å². The maximum absolute atomic E-state index is 12.9. The van der Waals surface area contributed by atoms with E-state index in [2.05, 4.69) is 5.32 Å². The Bertz CT molecular complexity index is 476. The third kappa shape index (κ3) is 4.91. The van der Waals surface area contributed by atoms with Crippen molar-refractivity contribution in [1.82, 2.24) is 0 Å². The average molecular weight is 280 g/mol. The molecule has 0 unspecified atom stereocenters. The van der Waals surface area contributed by atoms with Gasteiger partial charge in [-0.05, 0) is 24.6 Å². The molecule has 0 saturated carbocycles. The predicted molar refractivity (Wildman–Crippen MR) is 68.8 cm³/mol. The van der Waals surface area contributed by atoms with Crippen molar-refractivity contribution in [3.05, 3.63) is 29.0 Å².